The van der Waals surface area contributed by atoms with Crippen molar-refractivity contribution < 1.29 is 9.53 Å². The molecule has 150 valence electrons. The Balaban J connectivity index is 1.75. The first-order chi connectivity index (χ1) is 13.5. The van der Waals surface area contributed by atoms with E-state index >= 15 is 0 Å². The standard InChI is InChI=1S/C22H29N3O2S/c1-4-16-27-20-10-6-5-8-17(20)9-7-15-23-22(28)24-19-13-11-18(12-14-19)21(26)25(2)3/h5-6,8,10-14H,4,7,9,15-16H2,1-3H3,(H2,23,24,28). The highest BCUT2D eigenvalue weighted by atomic mass is 32.1. The number of para-hydroxylation sites is 1. The number of carbonyl (C=O) groups is 1. The maximum Gasteiger partial charge on any atom is 0.253 e. The van der Waals surface area contributed by atoms with Crippen LogP contribution in [0.4, 0.5) is 5.69 Å². The number of rotatable bonds is 9. The number of nitrogens with one attached hydrogen (secondary N) is 2. The van der Waals surface area contributed by atoms with Gasteiger partial charge in [-0.05, 0) is 67.4 Å². The fourth-order valence-electron chi connectivity index (χ4n) is 2.67. The van der Waals surface area contributed by atoms with Crippen molar-refractivity contribution in [3.63, 3.8) is 0 Å². The minimum atomic E-state index is -0.0181. The lowest BCUT2D eigenvalue weighted by Crippen LogP contribution is -2.29. The van der Waals surface area contributed by atoms with Gasteiger partial charge in [0, 0.05) is 31.9 Å². The highest BCUT2D eigenvalue weighted by molar-refractivity contribution is 7.80. The van der Waals surface area contributed by atoms with Crippen molar-refractivity contribution in [1.29, 1.82) is 0 Å². The summed E-state index contributed by atoms with van der Waals surface area (Å²) in [5.74, 6) is 0.952. The van der Waals surface area contributed by atoms with Crippen LogP contribution in [0, 0.1) is 0 Å². The number of carbonyl (C=O) groups excluding carboxylic acids is 1. The molecule has 28 heavy (non-hydrogen) atoms. The van der Waals surface area contributed by atoms with Gasteiger partial charge in [0.1, 0.15) is 5.75 Å². The molecule has 0 aliphatic heterocycles. The first-order valence-corrected chi connectivity index (χ1v) is 9.99. The molecule has 0 atom stereocenters. The van der Waals surface area contributed by atoms with Gasteiger partial charge < -0.3 is 20.3 Å². The van der Waals surface area contributed by atoms with Crippen LogP contribution >= 0.6 is 12.2 Å². The Morgan fingerprint density at radius 3 is 2.50 bits per heavy atom. The second-order valence-corrected chi connectivity index (χ2v) is 7.13. The van der Waals surface area contributed by atoms with Gasteiger partial charge in [-0.25, -0.2) is 0 Å². The largest absolute Gasteiger partial charge is 0.493 e. The Bertz CT molecular complexity index is 776. The number of benzene rings is 2. The average molecular weight is 400 g/mol. The molecular weight excluding hydrogens is 370 g/mol. The van der Waals surface area contributed by atoms with Crippen LogP contribution in [0.1, 0.15) is 35.7 Å². The summed E-state index contributed by atoms with van der Waals surface area (Å²) in [6.07, 6.45) is 2.88. The molecular formula is C22H29N3O2S. The molecule has 6 heteroatoms. The molecule has 0 saturated carbocycles. The molecule has 0 saturated heterocycles. The molecule has 0 radical (unpaired) electrons. The highest BCUT2D eigenvalue weighted by Gasteiger charge is 2.07. The number of anilines is 1. The highest BCUT2D eigenvalue weighted by Crippen LogP contribution is 2.19. The Hall–Kier alpha value is -2.60. The molecule has 0 heterocycles. The first kappa shape index (κ1) is 21.7. The number of amides is 1. The first-order valence-electron chi connectivity index (χ1n) is 9.58. The summed E-state index contributed by atoms with van der Waals surface area (Å²) >= 11 is 5.35. The fourth-order valence-corrected chi connectivity index (χ4v) is 2.89. The van der Waals surface area contributed by atoms with E-state index in [1.165, 1.54) is 5.56 Å². The van der Waals surface area contributed by atoms with Crippen LogP contribution in [0.25, 0.3) is 0 Å². The molecule has 2 aromatic rings. The van der Waals surface area contributed by atoms with Crippen molar-refractivity contribution in [1.82, 2.24) is 10.2 Å². The topological polar surface area (TPSA) is 53.6 Å². The van der Waals surface area contributed by atoms with E-state index in [1.54, 1.807) is 31.1 Å². The molecule has 1 amide bonds. The van der Waals surface area contributed by atoms with Gasteiger partial charge in [-0.15, -0.1) is 0 Å². The van der Waals surface area contributed by atoms with Gasteiger partial charge in [0.15, 0.2) is 5.11 Å². The average Bonchev–Trinajstić information content (AvgIpc) is 2.70. The zero-order valence-electron chi connectivity index (χ0n) is 16.8. The monoisotopic (exact) mass is 399 g/mol. The van der Waals surface area contributed by atoms with Crippen molar-refractivity contribution in [2.24, 2.45) is 0 Å². The number of nitrogens with zero attached hydrogens (tertiary/aromatic N) is 1. The maximum atomic E-state index is 11.9. The third-order valence-corrected chi connectivity index (χ3v) is 4.39. The third kappa shape index (κ3) is 6.85. The van der Waals surface area contributed by atoms with Gasteiger partial charge >= 0.3 is 0 Å². The maximum absolute atomic E-state index is 11.9. The summed E-state index contributed by atoms with van der Waals surface area (Å²) in [6, 6.07) is 15.5. The van der Waals surface area contributed by atoms with Crippen molar-refractivity contribution >= 4 is 28.9 Å². The summed E-state index contributed by atoms with van der Waals surface area (Å²) in [7, 11) is 3.48. The zero-order chi connectivity index (χ0) is 20.4. The Labute approximate surface area is 173 Å². The molecule has 2 N–H and O–H groups in total. The molecule has 0 spiro atoms. The molecule has 2 rings (SSSR count). The van der Waals surface area contributed by atoms with Crippen LogP contribution < -0.4 is 15.4 Å². The van der Waals surface area contributed by atoms with E-state index in [2.05, 4.69) is 23.6 Å². The predicted molar refractivity (Wildman–Crippen MR) is 119 cm³/mol. The molecule has 0 bridgehead atoms. The molecule has 0 aliphatic carbocycles. The number of ether oxygens (including phenoxy) is 1. The van der Waals surface area contributed by atoms with E-state index in [1.807, 2.05) is 30.3 Å². The molecule has 2 aromatic carbocycles. The number of thiocarbonyl (C=S) groups is 1. The van der Waals surface area contributed by atoms with E-state index in [-0.39, 0.29) is 5.91 Å². The van der Waals surface area contributed by atoms with E-state index < -0.39 is 0 Å². The Morgan fingerprint density at radius 2 is 1.82 bits per heavy atom. The van der Waals surface area contributed by atoms with E-state index in [4.69, 9.17) is 17.0 Å². The molecule has 0 aliphatic rings. The molecule has 5 nitrogen and oxygen atoms in total. The molecule has 0 fully saturated rings. The van der Waals surface area contributed by atoms with Gasteiger partial charge in [0.25, 0.3) is 5.91 Å². The number of hydrogen-bond donors (Lipinski definition) is 2. The van der Waals surface area contributed by atoms with Crippen LogP contribution in [0.15, 0.2) is 48.5 Å². The van der Waals surface area contributed by atoms with Gasteiger partial charge in [0.2, 0.25) is 0 Å². The van der Waals surface area contributed by atoms with Gasteiger partial charge in [-0.2, -0.15) is 0 Å². The van der Waals surface area contributed by atoms with Crippen LogP contribution in [0.2, 0.25) is 0 Å². The number of hydrogen-bond acceptors (Lipinski definition) is 3. The lowest BCUT2D eigenvalue weighted by atomic mass is 10.1. The predicted octanol–water partition coefficient (Wildman–Crippen LogP) is 4.10. The Morgan fingerprint density at radius 1 is 1.11 bits per heavy atom. The summed E-state index contributed by atoms with van der Waals surface area (Å²) in [5, 5.41) is 6.94. The smallest absolute Gasteiger partial charge is 0.253 e. The minimum Gasteiger partial charge on any atom is -0.493 e. The fraction of sp³-hybridized carbons (Fsp3) is 0.364. The van der Waals surface area contributed by atoms with Gasteiger partial charge in [-0.1, -0.05) is 25.1 Å². The van der Waals surface area contributed by atoms with Crippen molar-refractivity contribution in [2.45, 2.75) is 26.2 Å². The molecule has 0 unspecified atom stereocenters. The van der Waals surface area contributed by atoms with Crippen LogP contribution in [0.3, 0.4) is 0 Å². The van der Waals surface area contributed by atoms with Crippen molar-refractivity contribution in [3.05, 3.63) is 59.7 Å². The van der Waals surface area contributed by atoms with E-state index in [0.717, 1.165) is 43.9 Å². The minimum absolute atomic E-state index is 0.0181. The SMILES string of the molecule is CCCOc1ccccc1CCCNC(=S)Nc1ccc(C(=O)N(C)C)cc1. The summed E-state index contributed by atoms with van der Waals surface area (Å²) in [6.45, 7) is 3.61. The van der Waals surface area contributed by atoms with Crippen LogP contribution in [-0.4, -0.2) is 43.2 Å². The molecule has 0 aromatic heterocycles. The van der Waals surface area contributed by atoms with Gasteiger partial charge in [-0.3, -0.25) is 4.79 Å². The van der Waals surface area contributed by atoms with E-state index in [0.29, 0.717) is 10.7 Å². The van der Waals surface area contributed by atoms with Crippen molar-refractivity contribution in [3.8, 4) is 5.75 Å². The zero-order valence-corrected chi connectivity index (χ0v) is 17.6. The lowest BCUT2D eigenvalue weighted by Gasteiger charge is -2.13. The lowest BCUT2D eigenvalue weighted by molar-refractivity contribution is 0.0827. The van der Waals surface area contributed by atoms with Gasteiger partial charge in [0.05, 0.1) is 6.61 Å². The van der Waals surface area contributed by atoms with Crippen LogP contribution in [0.5, 0.6) is 5.75 Å². The van der Waals surface area contributed by atoms with Crippen LogP contribution in [-0.2, 0) is 6.42 Å². The summed E-state index contributed by atoms with van der Waals surface area (Å²) < 4.78 is 5.80. The second kappa shape index (κ2) is 11.3. The summed E-state index contributed by atoms with van der Waals surface area (Å²) in [5.41, 5.74) is 2.72. The normalized spacial score (nSPS) is 10.2. The number of aryl methyl sites for hydroxylation is 1. The van der Waals surface area contributed by atoms with Crippen molar-refractivity contribution in [2.75, 3.05) is 32.6 Å². The quantitative estimate of drug-likeness (QED) is 0.491. The second-order valence-electron chi connectivity index (χ2n) is 6.72. The van der Waals surface area contributed by atoms with E-state index in [9.17, 15) is 4.79 Å². The third-order valence-electron chi connectivity index (χ3n) is 4.14. The summed E-state index contributed by atoms with van der Waals surface area (Å²) in [4.78, 5) is 13.5. The Kier molecular flexibility index (Phi) is 8.75.